The van der Waals surface area contributed by atoms with Crippen LogP contribution < -0.4 is 5.32 Å². The van der Waals surface area contributed by atoms with Crippen LogP contribution in [-0.2, 0) is 4.79 Å². The van der Waals surface area contributed by atoms with Gasteiger partial charge >= 0.3 is 0 Å². The van der Waals surface area contributed by atoms with Crippen LogP contribution in [0.1, 0.15) is 58.9 Å². The Kier molecular flexibility index (Phi) is 6.75. The van der Waals surface area contributed by atoms with E-state index in [2.05, 4.69) is 19.2 Å². The maximum Gasteiger partial charge on any atom is 0.262 e. The summed E-state index contributed by atoms with van der Waals surface area (Å²) in [4.78, 5) is 40.2. The molecule has 1 heterocycles. The molecule has 2 aromatic rings. The monoisotopic (exact) mass is 410 g/mol. The normalized spacial score (nSPS) is 15.2. The molecule has 0 saturated heterocycles. The molecule has 6 heteroatoms. The van der Waals surface area contributed by atoms with Crippen LogP contribution in [0.5, 0.6) is 0 Å². The lowest BCUT2D eigenvalue weighted by Gasteiger charge is -2.26. The van der Waals surface area contributed by atoms with Crippen molar-refractivity contribution in [3.8, 4) is 0 Å². The first-order valence-corrected chi connectivity index (χ1v) is 11.2. The topological polar surface area (TPSA) is 66.5 Å². The number of nitrogens with one attached hydrogen (secondary N) is 1. The number of imide groups is 1. The number of nitrogens with zero attached hydrogens (tertiary/aromatic N) is 1. The molecule has 2 aromatic carbocycles. The second-order valence-electron chi connectivity index (χ2n) is 7.21. The lowest BCUT2D eigenvalue weighted by atomic mass is 9.96. The molecule has 0 aliphatic carbocycles. The Morgan fingerprint density at radius 1 is 1.03 bits per heavy atom. The molecule has 1 N–H and O–H groups in total. The predicted molar refractivity (Wildman–Crippen MR) is 118 cm³/mol. The second kappa shape index (κ2) is 9.27. The summed E-state index contributed by atoms with van der Waals surface area (Å²) in [5.74, 6) is -0.178. The fourth-order valence-corrected chi connectivity index (χ4v) is 4.03. The Morgan fingerprint density at radius 2 is 1.62 bits per heavy atom. The molecule has 0 saturated carbocycles. The summed E-state index contributed by atoms with van der Waals surface area (Å²) in [7, 11) is 0. The van der Waals surface area contributed by atoms with Crippen LogP contribution in [0, 0.1) is 0 Å². The van der Waals surface area contributed by atoms with E-state index in [1.54, 1.807) is 36.0 Å². The van der Waals surface area contributed by atoms with E-state index in [1.165, 1.54) is 0 Å². The van der Waals surface area contributed by atoms with E-state index in [0.717, 1.165) is 22.6 Å². The third-order valence-electron chi connectivity index (χ3n) is 5.40. The average molecular weight is 411 g/mol. The summed E-state index contributed by atoms with van der Waals surface area (Å²) < 4.78 is 0. The van der Waals surface area contributed by atoms with Crippen LogP contribution in [-0.4, -0.2) is 40.7 Å². The fraction of sp³-hybridized carbons (Fsp3) is 0.348. The van der Waals surface area contributed by atoms with E-state index >= 15 is 0 Å². The number of rotatable bonds is 8. The van der Waals surface area contributed by atoms with E-state index in [0.29, 0.717) is 23.3 Å². The quantitative estimate of drug-likeness (QED) is 0.648. The van der Waals surface area contributed by atoms with Gasteiger partial charge in [-0.15, -0.1) is 0 Å². The van der Waals surface area contributed by atoms with Crippen molar-refractivity contribution in [3.05, 3.63) is 65.2 Å². The fourth-order valence-electron chi connectivity index (χ4n) is 3.57. The molecule has 0 unspecified atom stereocenters. The van der Waals surface area contributed by atoms with Gasteiger partial charge in [-0.25, -0.2) is 0 Å². The van der Waals surface area contributed by atoms with Crippen molar-refractivity contribution in [1.82, 2.24) is 4.90 Å². The van der Waals surface area contributed by atoms with Gasteiger partial charge in [-0.2, -0.15) is 11.8 Å². The third-order valence-corrected chi connectivity index (χ3v) is 6.04. The van der Waals surface area contributed by atoms with Gasteiger partial charge in [0.05, 0.1) is 11.1 Å². The van der Waals surface area contributed by atoms with Gasteiger partial charge < -0.3 is 5.32 Å². The van der Waals surface area contributed by atoms with Crippen LogP contribution in [0.25, 0.3) is 0 Å². The zero-order valence-corrected chi connectivity index (χ0v) is 17.8. The van der Waals surface area contributed by atoms with E-state index in [9.17, 15) is 14.4 Å². The van der Waals surface area contributed by atoms with Crippen molar-refractivity contribution in [2.75, 3.05) is 17.3 Å². The Morgan fingerprint density at radius 3 is 2.21 bits per heavy atom. The highest BCUT2D eigenvalue weighted by molar-refractivity contribution is 7.98. The number of anilines is 1. The minimum Gasteiger partial charge on any atom is -0.324 e. The molecule has 1 aliphatic heterocycles. The predicted octanol–water partition coefficient (Wildman–Crippen LogP) is 4.56. The maximum atomic E-state index is 13.2. The highest BCUT2D eigenvalue weighted by atomic mass is 32.2. The summed E-state index contributed by atoms with van der Waals surface area (Å²) in [6.07, 6.45) is 3.29. The minimum absolute atomic E-state index is 0.287. The number of carbonyl (C=O) groups excluding carboxylic acids is 3. The molecule has 3 rings (SSSR count). The van der Waals surface area contributed by atoms with E-state index in [-0.39, 0.29) is 11.8 Å². The van der Waals surface area contributed by atoms with Gasteiger partial charge in [0, 0.05) is 5.69 Å². The van der Waals surface area contributed by atoms with Crippen molar-refractivity contribution in [2.45, 2.75) is 38.6 Å². The summed E-state index contributed by atoms with van der Waals surface area (Å²) in [5, 5.41) is 2.99. The molecule has 152 valence electrons. The Hall–Kier alpha value is -2.60. The first-order valence-electron chi connectivity index (χ1n) is 9.85. The van der Waals surface area contributed by atoms with Gasteiger partial charge in [-0.3, -0.25) is 19.3 Å². The Balaban J connectivity index is 1.90. The Bertz CT molecular complexity index is 893. The number of para-hydroxylation sites is 1. The minimum atomic E-state index is -0.847. The van der Waals surface area contributed by atoms with Gasteiger partial charge in [-0.1, -0.05) is 44.2 Å². The number of benzene rings is 2. The van der Waals surface area contributed by atoms with Crippen molar-refractivity contribution in [2.24, 2.45) is 0 Å². The number of carbonyl (C=O) groups is 3. The summed E-state index contributed by atoms with van der Waals surface area (Å²) in [5.41, 5.74) is 2.51. The van der Waals surface area contributed by atoms with Gasteiger partial charge in [0.2, 0.25) is 5.91 Å². The van der Waals surface area contributed by atoms with Crippen LogP contribution in [0.4, 0.5) is 5.69 Å². The van der Waals surface area contributed by atoms with Crippen LogP contribution in [0.3, 0.4) is 0 Å². The number of hydrogen-bond acceptors (Lipinski definition) is 4. The van der Waals surface area contributed by atoms with Crippen molar-refractivity contribution in [3.63, 3.8) is 0 Å². The van der Waals surface area contributed by atoms with Gasteiger partial charge in [-0.05, 0) is 54.5 Å². The standard InChI is InChI=1S/C23H26N2O3S/c1-4-15(2)16-9-7-8-12-19(16)24-21(26)20(13-14-29-3)25-22(27)17-10-5-6-11-18(17)23(25)28/h5-12,15,20H,4,13-14H2,1-3H3,(H,24,26)/t15-,20+/m0/s1. The van der Waals surface area contributed by atoms with E-state index in [4.69, 9.17) is 0 Å². The third kappa shape index (κ3) is 4.22. The summed E-state index contributed by atoms with van der Waals surface area (Å²) in [6, 6.07) is 13.6. The van der Waals surface area contributed by atoms with Gasteiger partial charge in [0.1, 0.15) is 6.04 Å². The first kappa shape index (κ1) is 21.1. The highest BCUT2D eigenvalue weighted by Gasteiger charge is 2.42. The zero-order chi connectivity index (χ0) is 21.0. The smallest absolute Gasteiger partial charge is 0.262 e. The largest absolute Gasteiger partial charge is 0.324 e. The molecule has 0 radical (unpaired) electrons. The molecule has 5 nitrogen and oxygen atoms in total. The van der Waals surface area contributed by atoms with E-state index in [1.807, 2.05) is 30.5 Å². The number of fused-ring (bicyclic) bond motifs is 1. The maximum absolute atomic E-state index is 13.2. The first-order chi connectivity index (χ1) is 14.0. The molecule has 3 amide bonds. The molecule has 0 bridgehead atoms. The SMILES string of the molecule is CC[C@H](C)c1ccccc1NC(=O)[C@@H](CCSC)N1C(=O)c2ccccc2C1=O. The van der Waals surface area contributed by atoms with E-state index < -0.39 is 17.9 Å². The number of thioether (sulfide) groups is 1. The molecular formula is C23H26N2O3S. The van der Waals surface area contributed by atoms with Crippen LogP contribution >= 0.6 is 11.8 Å². The molecule has 0 spiro atoms. The molecule has 1 aliphatic rings. The summed E-state index contributed by atoms with van der Waals surface area (Å²) in [6.45, 7) is 4.21. The lowest BCUT2D eigenvalue weighted by Crippen LogP contribution is -2.47. The van der Waals surface area contributed by atoms with Crippen molar-refractivity contribution < 1.29 is 14.4 Å². The molecule has 2 atom stereocenters. The summed E-state index contributed by atoms with van der Waals surface area (Å²) >= 11 is 1.58. The molecule has 29 heavy (non-hydrogen) atoms. The number of hydrogen-bond donors (Lipinski definition) is 1. The average Bonchev–Trinajstić information content (AvgIpc) is 2.99. The molecule has 0 fully saturated rings. The van der Waals surface area contributed by atoms with Crippen LogP contribution in [0.15, 0.2) is 48.5 Å². The Labute approximate surface area is 175 Å². The molecule has 0 aromatic heterocycles. The van der Waals surface area contributed by atoms with Gasteiger partial charge in [0.25, 0.3) is 11.8 Å². The van der Waals surface area contributed by atoms with Crippen molar-refractivity contribution in [1.29, 1.82) is 0 Å². The van der Waals surface area contributed by atoms with Gasteiger partial charge in [0.15, 0.2) is 0 Å². The van der Waals surface area contributed by atoms with Crippen molar-refractivity contribution >= 4 is 35.2 Å². The zero-order valence-electron chi connectivity index (χ0n) is 17.0. The number of amides is 3. The lowest BCUT2D eigenvalue weighted by molar-refractivity contribution is -0.120. The molecular weight excluding hydrogens is 384 g/mol. The second-order valence-corrected chi connectivity index (χ2v) is 8.19. The highest BCUT2D eigenvalue weighted by Crippen LogP contribution is 2.29. The van der Waals surface area contributed by atoms with Crippen LogP contribution in [0.2, 0.25) is 0 Å².